The zero-order valence-corrected chi connectivity index (χ0v) is 12.1. The number of hydrogen-bond acceptors (Lipinski definition) is 2. The lowest BCUT2D eigenvalue weighted by Crippen LogP contribution is -2.20. The van der Waals surface area contributed by atoms with Crippen LogP contribution < -0.4 is 5.32 Å². The second-order valence-electron chi connectivity index (χ2n) is 4.69. The summed E-state index contributed by atoms with van der Waals surface area (Å²) in [5.41, 5.74) is 1.40. The van der Waals surface area contributed by atoms with Crippen molar-refractivity contribution in [1.82, 2.24) is 9.88 Å². The van der Waals surface area contributed by atoms with Gasteiger partial charge >= 0.3 is 0 Å². The maximum Gasteiger partial charge on any atom is 0.0645 e. The van der Waals surface area contributed by atoms with Crippen molar-refractivity contribution in [1.29, 1.82) is 0 Å². The van der Waals surface area contributed by atoms with Crippen molar-refractivity contribution in [3.63, 3.8) is 0 Å². The van der Waals surface area contributed by atoms with Gasteiger partial charge in [-0.25, -0.2) is 0 Å². The maximum absolute atomic E-state index is 5.52. The largest absolute Gasteiger partial charge is 0.380 e. The first-order valence-electron chi connectivity index (χ1n) is 7.28. The van der Waals surface area contributed by atoms with Crippen molar-refractivity contribution >= 4 is 0 Å². The summed E-state index contributed by atoms with van der Waals surface area (Å²) in [5.74, 6) is 0. The number of ether oxygens (including phenoxy) is 1. The first-order chi connectivity index (χ1) is 8.81. The molecule has 1 unspecified atom stereocenters. The second kappa shape index (κ2) is 9.17. The molecule has 0 radical (unpaired) electrons. The molecule has 0 spiro atoms. The Morgan fingerprint density at radius 2 is 2.06 bits per heavy atom. The van der Waals surface area contributed by atoms with E-state index in [1.54, 1.807) is 0 Å². The Morgan fingerprint density at radius 1 is 1.22 bits per heavy atom. The highest BCUT2D eigenvalue weighted by atomic mass is 16.5. The van der Waals surface area contributed by atoms with E-state index in [1.165, 1.54) is 18.4 Å². The zero-order chi connectivity index (χ0) is 13.2. The molecule has 0 aromatic carbocycles. The van der Waals surface area contributed by atoms with Crippen LogP contribution in [-0.2, 0) is 11.3 Å². The van der Waals surface area contributed by atoms with Gasteiger partial charge in [-0.1, -0.05) is 27.2 Å². The molecule has 0 saturated heterocycles. The molecular weight excluding hydrogens is 224 g/mol. The van der Waals surface area contributed by atoms with Gasteiger partial charge < -0.3 is 14.6 Å². The Hall–Kier alpha value is -0.800. The van der Waals surface area contributed by atoms with Crippen molar-refractivity contribution in [2.24, 2.45) is 0 Å². The maximum atomic E-state index is 5.52. The molecule has 1 heterocycles. The van der Waals surface area contributed by atoms with Crippen LogP contribution in [0.25, 0.3) is 0 Å². The summed E-state index contributed by atoms with van der Waals surface area (Å²) >= 11 is 0. The first kappa shape index (κ1) is 15.3. The molecule has 0 saturated carbocycles. The molecule has 0 aliphatic carbocycles. The van der Waals surface area contributed by atoms with Crippen LogP contribution in [0.15, 0.2) is 18.5 Å². The number of hydrogen-bond donors (Lipinski definition) is 1. The minimum absolute atomic E-state index is 0.498. The highest BCUT2D eigenvalue weighted by Crippen LogP contribution is 2.18. The number of aromatic nitrogens is 1. The monoisotopic (exact) mass is 252 g/mol. The van der Waals surface area contributed by atoms with Crippen LogP contribution in [0.4, 0.5) is 0 Å². The third-order valence-corrected chi connectivity index (χ3v) is 3.05. The summed E-state index contributed by atoms with van der Waals surface area (Å²) in [5, 5.41) is 3.54. The summed E-state index contributed by atoms with van der Waals surface area (Å²) in [7, 11) is 0. The van der Waals surface area contributed by atoms with Gasteiger partial charge in [-0.2, -0.15) is 0 Å². The molecule has 0 bridgehead atoms. The van der Waals surface area contributed by atoms with E-state index in [0.717, 1.165) is 32.7 Å². The van der Waals surface area contributed by atoms with E-state index < -0.39 is 0 Å². The molecule has 104 valence electrons. The van der Waals surface area contributed by atoms with Crippen LogP contribution in [0.1, 0.15) is 51.6 Å². The van der Waals surface area contributed by atoms with Gasteiger partial charge in [-0.15, -0.1) is 0 Å². The van der Waals surface area contributed by atoms with E-state index in [4.69, 9.17) is 4.74 Å². The highest BCUT2D eigenvalue weighted by molar-refractivity contribution is 5.15. The standard InChI is InChI=1S/C15H28N2O/c1-4-7-15(16-6-3)14-8-9-17(13-14)10-12-18-11-5-2/h8-9,13,15-16H,4-7,10-12H2,1-3H3. The van der Waals surface area contributed by atoms with E-state index in [1.807, 2.05) is 0 Å². The molecular formula is C15H28N2O. The van der Waals surface area contributed by atoms with Gasteiger partial charge in [0.05, 0.1) is 6.61 Å². The molecule has 1 aromatic heterocycles. The molecule has 3 heteroatoms. The highest BCUT2D eigenvalue weighted by Gasteiger charge is 2.10. The Balaban J connectivity index is 2.44. The van der Waals surface area contributed by atoms with Crippen LogP contribution in [0.2, 0.25) is 0 Å². The molecule has 3 nitrogen and oxygen atoms in total. The summed E-state index contributed by atoms with van der Waals surface area (Å²) in [6.07, 6.45) is 7.91. The molecule has 0 aliphatic heterocycles. The van der Waals surface area contributed by atoms with Gasteiger partial charge in [0.2, 0.25) is 0 Å². The third kappa shape index (κ3) is 5.23. The van der Waals surface area contributed by atoms with Crippen molar-refractivity contribution in [3.8, 4) is 0 Å². The SMILES string of the molecule is CCCOCCn1ccc(C(CCC)NCC)c1. The molecule has 0 aliphatic rings. The molecule has 1 atom stereocenters. The quantitative estimate of drug-likeness (QED) is 0.646. The third-order valence-electron chi connectivity index (χ3n) is 3.05. The average Bonchev–Trinajstić information content (AvgIpc) is 2.83. The van der Waals surface area contributed by atoms with Gasteiger partial charge in [0.25, 0.3) is 0 Å². The van der Waals surface area contributed by atoms with Crippen molar-refractivity contribution in [2.45, 2.75) is 52.6 Å². The summed E-state index contributed by atoms with van der Waals surface area (Å²) in [4.78, 5) is 0. The van der Waals surface area contributed by atoms with E-state index in [-0.39, 0.29) is 0 Å². The molecule has 1 rings (SSSR count). The molecule has 18 heavy (non-hydrogen) atoms. The number of rotatable bonds is 10. The van der Waals surface area contributed by atoms with Gasteiger partial charge in [0, 0.05) is 31.6 Å². The smallest absolute Gasteiger partial charge is 0.0645 e. The molecule has 1 N–H and O–H groups in total. The minimum Gasteiger partial charge on any atom is -0.380 e. The lowest BCUT2D eigenvalue weighted by molar-refractivity contribution is 0.127. The normalized spacial score (nSPS) is 12.8. The topological polar surface area (TPSA) is 26.2 Å². The van der Waals surface area contributed by atoms with Gasteiger partial charge in [0.15, 0.2) is 0 Å². The van der Waals surface area contributed by atoms with E-state index in [9.17, 15) is 0 Å². The van der Waals surface area contributed by atoms with E-state index in [0.29, 0.717) is 6.04 Å². The van der Waals surface area contributed by atoms with Crippen molar-refractivity contribution < 1.29 is 4.74 Å². The lowest BCUT2D eigenvalue weighted by Gasteiger charge is -2.15. The van der Waals surface area contributed by atoms with Crippen LogP contribution >= 0.6 is 0 Å². The van der Waals surface area contributed by atoms with E-state index in [2.05, 4.69) is 49.1 Å². The number of nitrogens with one attached hydrogen (secondary N) is 1. The van der Waals surface area contributed by atoms with Crippen LogP contribution in [0, 0.1) is 0 Å². The van der Waals surface area contributed by atoms with Gasteiger partial charge in [-0.05, 0) is 31.0 Å². The molecule has 0 fully saturated rings. The number of nitrogens with zero attached hydrogens (tertiary/aromatic N) is 1. The minimum atomic E-state index is 0.498. The lowest BCUT2D eigenvalue weighted by atomic mass is 10.1. The predicted molar refractivity (Wildman–Crippen MR) is 76.9 cm³/mol. The Kier molecular flexibility index (Phi) is 7.78. The Morgan fingerprint density at radius 3 is 2.72 bits per heavy atom. The predicted octanol–water partition coefficient (Wildman–Crippen LogP) is 3.37. The zero-order valence-electron chi connectivity index (χ0n) is 12.1. The molecule has 1 aromatic rings. The summed E-state index contributed by atoms with van der Waals surface area (Å²) in [6.45, 7) is 10.2. The van der Waals surface area contributed by atoms with Crippen LogP contribution in [0.3, 0.4) is 0 Å². The van der Waals surface area contributed by atoms with Gasteiger partial charge in [-0.3, -0.25) is 0 Å². The first-order valence-corrected chi connectivity index (χ1v) is 7.28. The Bertz CT molecular complexity index is 303. The average molecular weight is 252 g/mol. The molecule has 0 amide bonds. The fraction of sp³-hybridized carbons (Fsp3) is 0.733. The Labute approximate surface area is 112 Å². The summed E-state index contributed by atoms with van der Waals surface area (Å²) < 4.78 is 7.74. The van der Waals surface area contributed by atoms with Crippen molar-refractivity contribution in [3.05, 3.63) is 24.0 Å². The van der Waals surface area contributed by atoms with Crippen molar-refractivity contribution in [2.75, 3.05) is 19.8 Å². The van der Waals surface area contributed by atoms with Crippen LogP contribution in [-0.4, -0.2) is 24.3 Å². The van der Waals surface area contributed by atoms with Crippen LogP contribution in [0.5, 0.6) is 0 Å². The second-order valence-corrected chi connectivity index (χ2v) is 4.69. The fourth-order valence-corrected chi connectivity index (χ4v) is 2.14. The summed E-state index contributed by atoms with van der Waals surface area (Å²) in [6, 6.07) is 2.72. The van der Waals surface area contributed by atoms with E-state index >= 15 is 0 Å². The fourth-order valence-electron chi connectivity index (χ4n) is 2.14. The van der Waals surface area contributed by atoms with Gasteiger partial charge in [0.1, 0.15) is 0 Å².